The first kappa shape index (κ1) is 14.7. The molecule has 0 aliphatic heterocycles. The van der Waals surface area contributed by atoms with E-state index in [1.807, 2.05) is 0 Å². The molecule has 1 N–H and O–H groups in total. The van der Waals surface area contributed by atoms with Crippen LogP contribution in [0.5, 0.6) is 17.2 Å². The normalized spacial score (nSPS) is 10.4. The average Bonchev–Trinajstić information content (AvgIpc) is 2.43. The Hall–Kier alpha value is -1.72. The molecule has 2 rings (SSSR count). The molecule has 0 bridgehead atoms. The molecular weight excluding hydrogens is 303 g/mol. The largest absolute Gasteiger partial charge is 0.502 e. The Bertz CT molecular complexity index is 610. The highest BCUT2D eigenvalue weighted by Crippen LogP contribution is 2.37. The van der Waals surface area contributed by atoms with Crippen LogP contribution in [0.1, 0.15) is 11.1 Å². The van der Waals surface area contributed by atoms with Crippen molar-refractivity contribution in [1.82, 2.24) is 9.97 Å². The number of hydrogen-bond acceptors (Lipinski definition) is 5. The van der Waals surface area contributed by atoms with E-state index in [2.05, 4.69) is 9.97 Å². The maximum absolute atomic E-state index is 9.85. The summed E-state index contributed by atoms with van der Waals surface area (Å²) in [5.74, 6) is 0.605. The Morgan fingerprint density at radius 3 is 2.25 bits per heavy atom. The molecule has 0 spiro atoms. The van der Waals surface area contributed by atoms with Crippen molar-refractivity contribution >= 4 is 23.2 Å². The van der Waals surface area contributed by atoms with Gasteiger partial charge in [-0.15, -0.1) is 0 Å². The molecule has 2 aromatic rings. The van der Waals surface area contributed by atoms with Crippen LogP contribution in [-0.4, -0.2) is 29.3 Å². The lowest BCUT2D eigenvalue weighted by molar-refractivity contribution is 0.339. The molecule has 20 heavy (non-hydrogen) atoms. The number of benzene rings is 1. The smallest absolute Gasteiger partial charge is 0.223 e. The molecule has 1 heterocycles. The van der Waals surface area contributed by atoms with Crippen LogP contribution >= 0.6 is 23.2 Å². The summed E-state index contributed by atoms with van der Waals surface area (Å²) >= 11 is 11.7. The maximum Gasteiger partial charge on any atom is 0.223 e. The van der Waals surface area contributed by atoms with Crippen molar-refractivity contribution < 1.29 is 14.6 Å². The second-order valence-corrected chi connectivity index (χ2v) is 4.68. The van der Waals surface area contributed by atoms with Crippen molar-refractivity contribution in [3.05, 3.63) is 39.9 Å². The van der Waals surface area contributed by atoms with Crippen LogP contribution in [0.3, 0.4) is 0 Å². The molecular formula is C13H12Cl2N2O3. The van der Waals surface area contributed by atoms with Crippen LogP contribution in [-0.2, 0) is 6.42 Å². The van der Waals surface area contributed by atoms with E-state index in [9.17, 15) is 5.11 Å². The van der Waals surface area contributed by atoms with Crippen molar-refractivity contribution in [2.45, 2.75) is 6.42 Å². The van der Waals surface area contributed by atoms with Crippen molar-refractivity contribution in [3.8, 4) is 17.2 Å². The predicted molar refractivity (Wildman–Crippen MR) is 76.1 cm³/mol. The van der Waals surface area contributed by atoms with Gasteiger partial charge < -0.3 is 14.6 Å². The number of halogens is 2. The van der Waals surface area contributed by atoms with Crippen molar-refractivity contribution in [2.24, 2.45) is 0 Å². The van der Waals surface area contributed by atoms with Gasteiger partial charge >= 0.3 is 0 Å². The van der Waals surface area contributed by atoms with Crippen molar-refractivity contribution in [2.75, 3.05) is 14.2 Å². The summed E-state index contributed by atoms with van der Waals surface area (Å²) < 4.78 is 10.2. The van der Waals surface area contributed by atoms with Gasteiger partial charge in [-0.25, -0.2) is 9.97 Å². The Morgan fingerprint density at radius 1 is 1.15 bits per heavy atom. The zero-order chi connectivity index (χ0) is 14.7. The van der Waals surface area contributed by atoms with Gasteiger partial charge in [0.15, 0.2) is 11.5 Å². The minimum absolute atomic E-state index is 0.0443. The number of hydrogen-bond donors (Lipinski definition) is 1. The van der Waals surface area contributed by atoms with Crippen molar-refractivity contribution in [3.63, 3.8) is 0 Å². The van der Waals surface area contributed by atoms with Gasteiger partial charge in [0.2, 0.25) is 11.0 Å². The molecule has 106 valence electrons. The van der Waals surface area contributed by atoms with Crippen LogP contribution in [0.2, 0.25) is 10.4 Å². The number of nitrogens with zero attached hydrogens (tertiary/aromatic N) is 2. The summed E-state index contributed by atoms with van der Waals surface area (Å²) in [7, 11) is 2.94. The molecule has 0 amide bonds. The zero-order valence-electron chi connectivity index (χ0n) is 10.9. The van der Waals surface area contributed by atoms with Gasteiger partial charge in [0, 0.05) is 18.2 Å². The number of aromatic nitrogens is 2. The standard InChI is InChI=1S/C13H12Cl2N2O3/c1-19-9-4-7(5-10(20-2)11(9)18)3-8-6-16-13(15)17-12(8)14/h4-6,18H,3H2,1-2H3. The first-order valence-corrected chi connectivity index (χ1v) is 6.41. The second-order valence-electron chi connectivity index (χ2n) is 3.98. The second kappa shape index (κ2) is 6.15. The fraction of sp³-hybridized carbons (Fsp3) is 0.231. The number of phenolic OH excluding ortho intramolecular Hbond substituents is 1. The molecule has 0 saturated heterocycles. The third-order valence-corrected chi connectivity index (χ3v) is 3.23. The van der Waals surface area contributed by atoms with Gasteiger partial charge in [0.05, 0.1) is 14.2 Å². The first-order chi connectivity index (χ1) is 9.55. The molecule has 7 heteroatoms. The number of rotatable bonds is 4. The fourth-order valence-corrected chi connectivity index (χ4v) is 2.13. The summed E-state index contributed by atoms with van der Waals surface area (Å²) in [6.45, 7) is 0. The van der Waals surface area contributed by atoms with E-state index in [0.717, 1.165) is 5.56 Å². The van der Waals surface area contributed by atoms with E-state index >= 15 is 0 Å². The number of methoxy groups -OCH3 is 2. The van der Waals surface area contributed by atoms with Crippen LogP contribution in [0.25, 0.3) is 0 Å². The molecule has 0 fully saturated rings. The van der Waals surface area contributed by atoms with E-state index in [1.54, 1.807) is 18.3 Å². The van der Waals surface area contributed by atoms with Gasteiger partial charge in [0.25, 0.3) is 0 Å². The fourth-order valence-electron chi connectivity index (χ4n) is 1.75. The monoisotopic (exact) mass is 314 g/mol. The molecule has 0 atom stereocenters. The lowest BCUT2D eigenvalue weighted by atomic mass is 10.1. The first-order valence-electron chi connectivity index (χ1n) is 5.66. The third-order valence-electron chi connectivity index (χ3n) is 2.72. The average molecular weight is 315 g/mol. The Labute approximate surface area is 126 Å². The summed E-state index contributed by atoms with van der Waals surface area (Å²) in [5, 5.41) is 10.2. The van der Waals surface area contributed by atoms with E-state index < -0.39 is 0 Å². The molecule has 0 unspecified atom stereocenters. The van der Waals surface area contributed by atoms with E-state index in [-0.39, 0.29) is 16.2 Å². The van der Waals surface area contributed by atoms with Gasteiger partial charge in [-0.1, -0.05) is 11.6 Å². The summed E-state index contributed by atoms with van der Waals surface area (Å²) in [4.78, 5) is 7.78. The Balaban J connectivity index is 2.38. The molecule has 1 aromatic carbocycles. The third kappa shape index (κ3) is 3.05. The topological polar surface area (TPSA) is 64.5 Å². The molecule has 0 saturated carbocycles. The number of ether oxygens (including phenoxy) is 2. The van der Waals surface area contributed by atoms with Gasteiger partial charge in [-0.3, -0.25) is 0 Å². The van der Waals surface area contributed by atoms with E-state index in [4.69, 9.17) is 32.7 Å². The molecule has 1 aromatic heterocycles. The van der Waals surface area contributed by atoms with Crippen LogP contribution < -0.4 is 9.47 Å². The zero-order valence-corrected chi connectivity index (χ0v) is 12.4. The van der Waals surface area contributed by atoms with Gasteiger partial charge in [0.1, 0.15) is 5.15 Å². The Morgan fingerprint density at radius 2 is 1.75 bits per heavy atom. The SMILES string of the molecule is COc1cc(Cc2cnc(Cl)nc2Cl)cc(OC)c1O. The molecule has 0 aliphatic carbocycles. The molecule has 0 aliphatic rings. The lowest BCUT2D eigenvalue weighted by Gasteiger charge is -2.11. The highest BCUT2D eigenvalue weighted by molar-refractivity contribution is 6.32. The predicted octanol–water partition coefficient (Wildman–Crippen LogP) is 3.10. The highest BCUT2D eigenvalue weighted by atomic mass is 35.5. The lowest BCUT2D eigenvalue weighted by Crippen LogP contribution is -1.97. The van der Waals surface area contributed by atoms with Gasteiger partial charge in [-0.2, -0.15) is 0 Å². The quantitative estimate of drug-likeness (QED) is 0.694. The van der Waals surface area contributed by atoms with Gasteiger partial charge in [-0.05, 0) is 29.3 Å². The van der Waals surface area contributed by atoms with Crippen LogP contribution in [0.4, 0.5) is 0 Å². The minimum atomic E-state index is -0.0443. The summed E-state index contributed by atoms with van der Waals surface area (Å²) in [6.07, 6.45) is 2.02. The molecule has 0 radical (unpaired) electrons. The van der Waals surface area contributed by atoms with E-state index in [0.29, 0.717) is 23.5 Å². The summed E-state index contributed by atoms with van der Waals surface area (Å²) in [6, 6.07) is 3.39. The minimum Gasteiger partial charge on any atom is -0.502 e. The van der Waals surface area contributed by atoms with E-state index in [1.165, 1.54) is 14.2 Å². The maximum atomic E-state index is 9.85. The van der Waals surface area contributed by atoms with Crippen LogP contribution in [0, 0.1) is 0 Å². The Kier molecular flexibility index (Phi) is 4.52. The van der Waals surface area contributed by atoms with Crippen molar-refractivity contribution in [1.29, 1.82) is 0 Å². The highest BCUT2D eigenvalue weighted by Gasteiger charge is 2.13. The molecule has 5 nitrogen and oxygen atoms in total. The van der Waals surface area contributed by atoms with Crippen LogP contribution in [0.15, 0.2) is 18.3 Å². The number of aromatic hydroxyl groups is 1. The summed E-state index contributed by atoms with van der Waals surface area (Å²) in [5.41, 5.74) is 1.55. The number of phenols is 1.